The summed E-state index contributed by atoms with van der Waals surface area (Å²) < 4.78 is 41.5. The van der Waals surface area contributed by atoms with E-state index >= 15 is 4.57 Å². The standard InChI is InChI=1S/C64H67O7P/c1-40-33-53(34-41(2)59(40)66)69-60-42(3)29-50(30-43(60)4)64(11,12)51-31-44(5)61(45(6)32-51)70-54-35-46(7)62(47(8)36-54)71-63(9,10)38-48-23-25-49(26-24-48)39-68-57-28-27-52(65)37-58(57)72(67,55-19-15-13-16-20-55)56-21-17-14-18-22-56/h13-37,65-66H,38-39H2,1-12H3. The molecule has 8 aromatic rings. The van der Waals surface area contributed by atoms with Crippen LogP contribution in [0.1, 0.15) is 94.5 Å². The third kappa shape index (κ3) is 10.8. The van der Waals surface area contributed by atoms with E-state index in [4.69, 9.17) is 18.9 Å². The third-order valence-electron chi connectivity index (χ3n) is 13.6. The second-order valence-corrected chi connectivity index (χ2v) is 23.3. The molecule has 0 fully saturated rings. The van der Waals surface area contributed by atoms with Gasteiger partial charge in [-0.2, -0.15) is 0 Å². The number of phenols is 2. The molecular weight excluding hydrogens is 912 g/mol. The Balaban J connectivity index is 0.927. The first-order chi connectivity index (χ1) is 34.1. The summed E-state index contributed by atoms with van der Waals surface area (Å²) in [6.45, 7) is 25.3. The van der Waals surface area contributed by atoms with Gasteiger partial charge in [0.25, 0.3) is 0 Å². The van der Waals surface area contributed by atoms with Gasteiger partial charge in [-0.05, 0) is 178 Å². The Labute approximate surface area is 426 Å². The average Bonchev–Trinajstić information content (AvgIpc) is 3.34. The van der Waals surface area contributed by atoms with E-state index < -0.39 is 12.7 Å². The summed E-state index contributed by atoms with van der Waals surface area (Å²) in [4.78, 5) is 0. The number of rotatable bonds is 16. The number of aromatic hydroxyl groups is 2. The Morgan fingerprint density at radius 1 is 0.472 bits per heavy atom. The zero-order valence-electron chi connectivity index (χ0n) is 43.7. The Morgan fingerprint density at radius 3 is 1.35 bits per heavy atom. The predicted molar refractivity (Wildman–Crippen MR) is 294 cm³/mol. The predicted octanol–water partition coefficient (Wildman–Crippen LogP) is 15.1. The summed E-state index contributed by atoms with van der Waals surface area (Å²) in [6, 6.07) is 48.7. The second-order valence-electron chi connectivity index (χ2n) is 20.6. The normalized spacial score (nSPS) is 11.9. The lowest BCUT2D eigenvalue weighted by atomic mass is 9.76. The van der Waals surface area contributed by atoms with Gasteiger partial charge in [-0.15, -0.1) is 0 Å². The number of hydrogen-bond donors (Lipinski definition) is 2. The largest absolute Gasteiger partial charge is 0.508 e. The van der Waals surface area contributed by atoms with Gasteiger partial charge in [0.2, 0.25) is 0 Å². The number of benzene rings is 8. The van der Waals surface area contributed by atoms with Crippen molar-refractivity contribution < 1.29 is 33.7 Å². The zero-order chi connectivity index (χ0) is 51.7. The van der Waals surface area contributed by atoms with E-state index in [1.165, 1.54) is 11.1 Å². The van der Waals surface area contributed by atoms with E-state index in [9.17, 15) is 10.2 Å². The van der Waals surface area contributed by atoms with Crippen molar-refractivity contribution in [3.8, 4) is 46.0 Å². The Kier molecular flexibility index (Phi) is 14.6. The quantitative estimate of drug-likeness (QED) is 0.0932. The molecular formula is C64H67O7P. The van der Waals surface area contributed by atoms with Gasteiger partial charge in [0.05, 0.1) is 5.30 Å². The highest BCUT2D eigenvalue weighted by Crippen LogP contribution is 2.47. The highest BCUT2D eigenvalue weighted by atomic mass is 31.2. The van der Waals surface area contributed by atoms with Crippen LogP contribution < -0.4 is 34.9 Å². The fraction of sp³-hybridized carbons (Fsp3) is 0.250. The third-order valence-corrected chi connectivity index (χ3v) is 16.7. The smallest absolute Gasteiger partial charge is 0.174 e. The molecule has 0 heterocycles. The van der Waals surface area contributed by atoms with Gasteiger partial charge in [0, 0.05) is 22.4 Å². The monoisotopic (exact) mass is 978 g/mol. The first-order valence-electron chi connectivity index (χ1n) is 24.6. The molecule has 0 bridgehead atoms. The van der Waals surface area contributed by atoms with E-state index in [2.05, 4.69) is 130 Å². The maximum absolute atomic E-state index is 15.2. The Bertz CT molecular complexity index is 3180. The molecule has 0 radical (unpaired) electrons. The highest BCUT2D eigenvalue weighted by Gasteiger charge is 2.34. The summed E-state index contributed by atoms with van der Waals surface area (Å²) in [7, 11) is -3.39. The lowest BCUT2D eigenvalue weighted by molar-refractivity contribution is 0.108. The van der Waals surface area contributed by atoms with Gasteiger partial charge in [-0.25, -0.2) is 0 Å². The molecule has 370 valence electrons. The molecule has 2 N–H and O–H groups in total. The maximum Gasteiger partial charge on any atom is 0.174 e. The van der Waals surface area contributed by atoms with Crippen molar-refractivity contribution in [1.29, 1.82) is 0 Å². The Hall–Kier alpha value is -7.21. The van der Waals surface area contributed by atoms with Gasteiger partial charge in [-0.3, -0.25) is 0 Å². The van der Waals surface area contributed by atoms with Crippen molar-refractivity contribution in [2.24, 2.45) is 0 Å². The summed E-state index contributed by atoms with van der Waals surface area (Å²) in [5.41, 5.74) is 11.4. The summed E-state index contributed by atoms with van der Waals surface area (Å²) in [6.07, 6.45) is 0.669. The van der Waals surface area contributed by atoms with Crippen LogP contribution >= 0.6 is 7.14 Å². The summed E-state index contributed by atoms with van der Waals surface area (Å²) in [5, 5.41) is 22.7. The molecule has 8 heteroatoms. The molecule has 8 aromatic carbocycles. The molecule has 0 aliphatic rings. The van der Waals surface area contributed by atoms with Crippen LogP contribution in [0.4, 0.5) is 0 Å². The molecule has 0 aliphatic carbocycles. The minimum atomic E-state index is -3.39. The van der Waals surface area contributed by atoms with E-state index in [1.807, 2.05) is 86.6 Å². The maximum atomic E-state index is 15.2. The highest BCUT2D eigenvalue weighted by molar-refractivity contribution is 7.85. The van der Waals surface area contributed by atoms with Gasteiger partial charge in [0.15, 0.2) is 7.14 Å². The van der Waals surface area contributed by atoms with Gasteiger partial charge < -0.3 is 33.7 Å². The van der Waals surface area contributed by atoms with Crippen molar-refractivity contribution in [2.75, 3.05) is 0 Å². The fourth-order valence-electron chi connectivity index (χ4n) is 9.75. The van der Waals surface area contributed by atoms with Crippen LogP contribution in [0.15, 0.2) is 152 Å². The van der Waals surface area contributed by atoms with Crippen LogP contribution in [-0.4, -0.2) is 15.8 Å². The number of hydrogen-bond acceptors (Lipinski definition) is 7. The minimum Gasteiger partial charge on any atom is -0.508 e. The molecule has 0 unspecified atom stereocenters. The molecule has 0 saturated heterocycles. The Morgan fingerprint density at radius 2 is 0.889 bits per heavy atom. The minimum absolute atomic E-state index is 0.0236. The molecule has 0 spiro atoms. The van der Waals surface area contributed by atoms with E-state index in [0.717, 1.165) is 78.6 Å². The zero-order valence-corrected chi connectivity index (χ0v) is 44.6. The molecule has 0 aliphatic heterocycles. The first-order valence-corrected chi connectivity index (χ1v) is 26.3. The van der Waals surface area contributed by atoms with Crippen molar-refractivity contribution in [3.63, 3.8) is 0 Å². The van der Waals surface area contributed by atoms with Crippen LogP contribution in [0, 0.1) is 55.4 Å². The van der Waals surface area contributed by atoms with Gasteiger partial charge >= 0.3 is 0 Å². The lowest BCUT2D eigenvalue weighted by Crippen LogP contribution is -2.31. The van der Waals surface area contributed by atoms with Crippen molar-refractivity contribution in [1.82, 2.24) is 0 Å². The van der Waals surface area contributed by atoms with E-state index in [-0.39, 0.29) is 17.8 Å². The number of ether oxygens (including phenoxy) is 4. The van der Waals surface area contributed by atoms with Gasteiger partial charge in [-0.1, -0.05) is 123 Å². The molecule has 0 saturated carbocycles. The van der Waals surface area contributed by atoms with Crippen LogP contribution in [-0.2, 0) is 23.0 Å². The molecule has 0 amide bonds. The SMILES string of the molecule is Cc1cc(Oc2c(C)cc(C(C)(C)c3cc(C)c(Oc4cc(C)c(OC(C)(C)Cc5ccc(COc6ccc(O)cc6P(=O)(c6ccccc6)c6ccccc6)cc5)c(C)c4)c(C)c3)cc2C)cc(C)c1O. The summed E-state index contributed by atoms with van der Waals surface area (Å²) in [5.74, 6) is 4.76. The molecule has 8 rings (SSSR count). The molecule has 7 nitrogen and oxygen atoms in total. The van der Waals surface area contributed by atoms with Crippen molar-refractivity contribution >= 4 is 23.1 Å². The van der Waals surface area contributed by atoms with Crippen LogP contribution in [0.25, 0.3) is 0 Å². The molecule has 0 atom stereocenters. The number of phenolic OH excluding ortho intramolecular Hbond substituents is 2. The topological polar surface area (TPSA) is 94.5 Å². The molecule has 0 aromatic heterocycles. The van der Waals surface area contributed by atoms with Crippen LogP contribution in [0.5, 0.6) is 46.0 Å². The van der Waals surface area contributed by atoms with Gasteiger partial charge in [0.1, 0.15) is 58.2 Å². The van der Waals surface area contributed by atoms with E-state index in [1.54, 1.807) is 18.2 Å². The van der Waals surface area contributed by atoms with Crippen LogP contribution in [0.2, 0.25) is 0 Å². The van der Waals surface area contributed by atoms with Crippen LogP contribution in [0.3, 0.4) is 0 Å². The average molecular weight is 979 g/mol. The second kappa shape index (κ2) is 20.5. The van der Waals surface area contributed by atoms with E-state index in [0.29, 0.717) is 39.6 Å². The van der Waals surface area contributed by atoms with Crippen molar-refractivity contribution in [2.45, 2.75) is 107 Å². The number of aryl methyl sites for hydroxylation is 8. The fourth-order valence-corrected chi connectivity index (χ4v) is 12.5. The molecule has 72 heavy (non-hydrogen) atoms. The first kappa shape index (κ1) is 51.2. The summed E-state index contributed by atoms with van der Waals surface area (Å²) >= 11 is 0. The van der Waals surface area contributed by atoms with Crippen molar-refractivity contribution in [3.05, 3.63) is 218 Å². The lowest BCUT2D eigenvalue weighted by Gasteiger charge is -2.30.